The van der Waals surface area contributed by atoms with Gasteiger partial charge in [-0.1, -0.05) is 43.3 Å². The number of benzene rings is 3. The average Bonchev–Trinajstić information content (AvgIpc) is 2.95. The maximum atomic E-state index is 14.1. The highest BCUT2D eigenvalue weighted by Gasteiger charge is 2.34. The zero-order valence-electron chi connectivity index (χ0n) is 24.3. The molecule has 0 aliphatic rings. The number of anilines is 1. The first kappa shape index (κ1) is 32.1. The van der Waals surface area contributed by atoms with Crippen molar-refractivity contribution >= 4 is 33.2 Å². The van der Waals surface area contributed by atoms with Crippen LogP contribution in [0.5, 0.6) is 5.75 Å². The lowest BCUT2D eigenvalue weighted by molar-refractivity contribution is -0.385. The van der Waals surface area contributed by atoms with Gasteiger partial charge in [0.2, 0.25) is 11.8 Å². The second-order valence-electron chi connectivity index (χ2n) is 10.0. The number of hydrogen-bond donors (Lipinski definition) is 1. The molecule has 2 amide bonds. The number of sulfonamides is 1. The molecule has 0 spiro atoms. The van der Waals surface area contributed by atoms with E-state index in [4.69, 9.17) is 4.74 Å². The fraction of sp³-hybridized carbons (Fsp3) is 0.333. The van der Waals surface area contributed by atoms with Crippen LogP contribution in [0, 0.1) is 17.0 Å². The summed E-state index contributed by atoms with van der Waals surface area (Å²) in [7, 11) is -3.01. The summed E-state index contributed by atoms with van der Waals surface area (Å²) in [6.07, 6.45) is 0.288. The Morgan fingerprint density at radius 3 is 2.21 bits per heavy atom. The summed E-state index contributed by atoms with van der Waals surface area (Å²) in [5, 5.41) is 14.4. The maximum absolute atomic E-state index is 14.1. The van der Waals surface area contributed by atoms with Gasteiger partial charge in [-0.2, -0.15) is 0 Å². The minimum absolute atomic E-state index is 0.0657. The van der Waals surface area contributed by atoms with Gasteiger partial charge in [0.25, 0.3) is 15.7 Å². The first-order chi connectivity index (χ1) is 19.9. The van der Waals surface area contributed by atoms with Crippen LogP contribution in [-0.4, -0.2) is 55.8 Å². The summed E-state index contributed by atoms with van der Waals surface area (Å²) in [6, 6.07) is 17.7. The molecule has 0 aromatic heterocycles. The summed E-state index contributed by atoms with van der Waals surface area (Å²) in [6.45, 7) is 6.32. The first-order valence-corrected chi connectivity index (χ1v) is 14.9. The number of rotatable bonds is 13. The second kappa shape index (κ2) is 13.9. The van der Waals surface area contributed by atoms with Gasteiger partial charge in [0, 0.05) is 24.2 Å². The molecule has 224 valence electrons. The number of nitro groups is 1. The molecular weight excluding hydrogens is 560 g/mol. The van der Waals surface area contributed by atoms with Crippen molar-refractivity contribution in [1.82, 2.24) is 10.2 Å². The molecule has 3 aromatic rings. The molecule has 0 aliphatic heterocycles. The Bertz CT molecular complexity index is 1510. The smallest absolute Gasteiger partial charge is 0.273 e. The van der Waals surface area contributed by atoms with Gasteiger partial charge in [-0.15, -0.1) is 0 Å². The topological polar surface area (TPSA) is 139 Å². The molecule has 0 bridgehead atoms. The Morgan fingerprint density at radius 2 is 1.67 bits per heavy atom. The summed E-state index contributed by atoms with van der Waals surface area (Å²) < 4.78 is 34.2. The third-order valence-corrected chi connectivity index (χ3v) is 8.39. The van der Waals surface area contributed by atoms with Crippen molar-refractivity contribution < 1.29 is 27.7 Å². The molecule has 0 radical (unpaired) electrons. The number of nitro benzene ring substituents is 1. The van der Waals surface area contributed by atoms with E-state index in [9.17, 15) is 28.1 Å². The standard InChI is InChI=1S/C30H36N4O7S/c1-6-27(30(36)31-21(2)3)32(19-23-10-8-7-9-11-23)29(35)20-33(24-13-15-25(41-5)16-14-24)42(39,40)26-17-12-22(4)28(18-26)34(37)38/h7-18,21,27H,6,19-20H2,1-5H3,(H,31,36). The molecule has 1 N–H and O–H groups in total. The predicted molar refractivity (Wildman–Crippen MR) is 160 cm³/mol. The average molecular weight is 597 g/mol. The molecule has 3 rings (SSSR count). The third kappa shape index (κ3) is 7.64. The van der Waals surface area contributed by atoms with Crippen molar-refractivity contribution in [2.24, 2.45) is 0 Å². The minimum Gasteiger partial charge on any atom is -0.497 e. The van der Waals surface area contributed by atoms with Crippen LogP contribution in [-0.2, 0) is 26.2 Å². The van der Waals surface area contributed by atoms with Gasteiger partial charge in [0.05, 0.1) is 22.6 Å². The number of methoxy groups -OCH3 is 1. The van der Waals surface area contributed by atoms with Crippen LogP contribution in [0.2, 0.25) is 0 Å². The van der Waals surface area contributed by atoms with Gasteiger partial charge in [0.15, 0.2) is 0 Å². The Morgan fingerprint density at radius 1 is 1.02 bits per heavy atom. The van der Waals surface area contributed by atoms with Gasteiger partial charge in [-0.25, -0.2) is 8.42 Å². The van der Waals surface area contributed by atoms with Gasteiger partial charge < -0.3 is 15.0 Å². The van der Waals surface area contributed by atoms with Crippen LogP contribution in [0.25, 0.3) is 0 Å². The highest BCUT2D eigenvalue weighted by Crippen LogP contribution is 2.29. The monoisotopic (exact) mass is 596 g/mol. The number of carbonyl (C=O) groups excluding carboxylic acids is 2. The number of carbonyl (C=O) groups is 2. The van der Waals surface area contributed by atoms with E-state index in [1.165, 1.54) is 43.2 Å². The fourth-order valence-corrected chi connectivity index (χ4v) is 5.87. The number of ether oxygens (including phenoxy) is 1. The highest BCUT2D eigenvalue weighted by atomic mass is 32.2. The molecule has 0 saturated heterocycles. The van der Waals surface area contributed by atoms with E-state index < -0.39 is 33.4 Å². The summed E-state index contributed by atoms with van der Waals surface area (Å²) in [5.41, 5.74) is 0.836. The normalized spacial score (nSPS) is 12.0. The van der Waals surface area contributed by atoms with Gasteiger partial charge >= 0.3 is 0 Å². The molecule has 0 fully saturated rings. The molecule has 0 aliphatic carbocycles. The highest BCUT2D eigenvalue weighted by molar-refractivity contribution is 7.92. The van der Waals surface area contributed by atoms with Gasteiger partial charge in [0.1, 0.15) is 18.3 Å². The molecule has 12 heteroatoms. The predicted octanol–water partition coefficient (Wildman–Crippen LogP) is 4.44. The molecule has 42 heavy (non-hydrogen) atoms. The first-order valence-electron chi connectivity index (χ1n) is 13.4. The van der Waals surface area contributed by atoms with Crippen molar-refractivity contribution in [2.45, 2.75) is 57.6 Å². The quantitative estimate of drug-likeness (QED) is 0.227. The number of nitrogens with zero attached hydrogens (tertiary/aromatic N) is 3. The largest absolute Gasteiger partial charge is 0.497 e. The van der Waals surface area contributed by atoms with Crippen molar-refractivity contribution in [1.29, 1.82) is 0 Å². The Hall–Kier alpha value is -4.45. The summed E-state index contributed by atoms with van der Waals surface area (Å²) in [5.74, 6) is -0.508. The fourth-order valence-electron chi connectivity index (χ4n) is 4.43. The maximum Gasteiger partial charge on any atom is 0.273 e. The van der Waals surface area contributed by atoms with E-state index in [0.717, 1.165) is 15.9 Å². The molecule has 0 heterocycles. The number of amides is 2. The Kier molecular flexibility index (Phi) is 10.6. The van der Waals surface area contributed by atoms with Crippen LogP contribution in [0.3, 0.4) is 0 Å². The van der Waals surface area contributed by atoms with Gasteiger partial charge in [-0.3, -0.25) is 24.0 Å². The zero-order chi connectivity index (χ0) is 31.0. The number of aryl methyl sites for hydroxylation is 1. The molecular formula is C30H36N4O7S. The SMILES string of the molecule is CCC(C(=O)NC(C)C)N(Cc1ccccc1)C(=O)CN(c1ccc(OC)cc1)S(=O)(=O)c1ccc(C)c([N+](=O)[O-])c1. The lowest BCUT2D eigenvalue weighted by atomic mass is 10.1. The van der Waals surface area contributed by atoms with Crippen molar-refractivity contribution in [3.05, 3.63) is 94.0 Å². The summed E-state index contributed by atoms with van der Waals surface area (Å²) in [4.78, 5) is 39.2. The van der Waals surface area contributed by atoms with Crippen LogP contribution in [0.1, 0.15) is 38.3 Å². The van der Waals surface area contributed by atoms with Crippen molar-refractivity contribution in [2.75, 3.05) is 18.0 Å². The van der Waals surface area contributed by atoms with E-state index in [1.54, 1.807) is 19.1 Å². The third-order valence-electron chi connectivity index (χ3n) is 6.62. The molecule has 1 atom stereocenters. The van der Waals surface area contributed by atoms with E-state index in [-0.39, 0.29) is 41.2 Å². The number of hydrogen-bond acceptors (Lipinski definition) is 7. The van der Waals surface area contributed by atoms with E-state index in [0.29, 0.717) is 11.3 Å². The lowest BCUT2D eigenvalue weighted by Crippen LogP contribution is -2.53. The van der Waals surface area contributed by atoms with Crippen molar-refractivity contribution in [3.63, 3.8) is 0 Å². The van der Waals surface area contributed by atoms with E-state index in [1.807, 2.05) is 44.2 Å². The Balaban J connectivity index is 2.11. The van der Waals surface area contributed by atoms with Gasteiger partial charge in [-0.05, 0) is 63.1 Å². The van der Waals surface area contributed by atoms with Crippen molar-refractivity contribution in [3.8, 4) is 5.75 Å². The van der Waals surface area contributed by atoms with Crippen LogP contribution in [0.15, 0.2) is 77.7 Å². The lowest BCUT2D eigenvalue weighted by Gasteiger charge is -2.33. The second-order valence-corrected chi connectivity index (χ2v) is 11.9. The minimum atomic E-state index is -4.48. The van der Waals surface area contributed by atoms with Crippen LogP contribution < -0.4 is 14.4 Å². The Labute approximate surface area is 246 Å². The van der Waals surface area contributed by atoms with Crippen LogP contribution in [0.4, 0.5) is 11.4 Å². The van der Waals surface area contributed by atoms with E-state index >= 15 is 0 Å². The molecule has 3 aromatic carbocycles. The van der Waals surface area contributed by atoms with Crippen LogP contribution >= 0.6 is 0 Å². The molecule has 0 saturated carbocycles. The zero-order valence-corrected chi connectivity index (χ0v) is 25.1. The molecule has 1 unspecified atom stereocenters. The summed E-state index contributed by atoms with van der Waals surface area (Å²) >= 11 is 0. The molecule has 11 nitrogen and oxygen atoms in total. The number of nitrogens with one attached hydrogen (secondary N) is 1. The van der Waals surface area contributed by atoms with E-state index in [2.05, 4.69) is 5.32 Å².